The third-order valence-corrected chi connectivity index (χ3v) is 3.35. The van der Waals surface area contributed by atoms with E-state index in [9.17, 15) is 4.79 Å². The van der Waals surface area contributed by atoms with Gasteiger partial charge in [-0.25, -0.2) is 0 Å². The van der Waals surface area contributed by atoms with Crippen LogP contribution in [0.1, 0.15) is 48.0 Å². The van der Waals surface area contributed by atoms with Crippen LogP contribution in [0.4, 0.5) is 0 Å². The van der Waals surface area contributed by atoms with Gasteiger partial charge >= 0.3 is 0 Å². The lowest BCUT2D eigenvalue weighted by Gasteiger charge is -2.19. The zero-order valence-electron chi connectivity index (χ0n) is 11.7. The number of benzene rings is 1. The zero-order chi connectivity index (χ0) is 13.5. The molecule has 0 fully saturated rings. The van der Waals surface area contributed by atoms with Crippen molar-refractivity contribution in [2.45, 2.75) is 40.0 Å². The molecule has 18 heavy (non-hydrogen) atoms. The van der Waals surface area contributed by atoms with Crippen LogP contribution in [0.5, 0.6) is 0 Å². The molecule has 0 radical (unpaired) electrons. The largest absolute Gasteiger partial charge is 0.298 e. The molecule has 94 valence electrons. The van der Waals surface area contributed by atoms with Gasteiger partial charge in [-0.05, 0) is 43.2 Å². The van der Waals surface area contributed by atoms with Crippen LogP contribution >= 0.6 is 0 Å². The van der Waals surface area contributed by atoms with Gasteiger partial charge in [0.2, 0.25) is 0 Å². The van der Waals surface area contributed by atoms with Crippen molar-refractivity contribution in [2.24, 2.45) is 0 Å². The number of nitrogens with zero attached hydrogens (tertiary/aromatic N) is 1. The Kier molecular flexibility index (Phi) is 2.97. The number of rotatable bonds is 1. The molecule has 0 saturated heterocycles. The smallest absolute Gasteiger partial charge is 0.150 e. The van der Waals surface area contributed by atoms with Crippen LogP contribution in [-0.2, 0) is 5.41 Å². The third kappa shape index (κ3) is 2.15. The fourth-order valence-electron chi connectivity index (χ4n) is 1.99. The Morgan fingerprint density at radius 3 is 2.22 bits per heavy atom. The molecule has 0 aliphatic rings. The van der Waals surface area contributed by atoms with Crippen molar-refractivity contribution in [3.8, 4) is 0 Å². The highest BCUT2D eigenvalue weighted by atomic mass is 16.1. The van der Waals surface area contributed by atoms with Crippen molar-refractivity contribution in [1.82, 2.24) is 4.98 Å². The molecule has 1 aromatic heterocycles. The normalized spacial score (nSPS) is 11.8. The summed E-state index contributed by atoms with van der Waals surface area (Å²) in [6, 6.07) is 6.02. The number of hydrogen-bond acceptors (Lipinski definition) is 2. The molecule has 2 rings (SSSR count). The summed E-state index contributed by atoms with van der Waals surface area (Å²) >= 11 is 0. The maximum absolute atomic E-state index is 11.3. The Hall–Kier alpha value is -1.70. The fraction of sp³-hybridized carbons (Fsp3) is 0.375. The number of aromatic nitrogens is 1. The zero-order valence-corrected chi connectivity index (χ0v) is 11.7. The van der Waals surface area contributed by atoms with Gasteiger partial charge in [0.15, 0.2) is 6.29 Å². The minimum absolute atomic E-state index is 0.0509. The van der Waals surface area contributed by atoms with Gasteiger partial charge in [0.1, 0.15) is 0 Å². The van der Waals surface area contributed by atoms with E-state index in [1.165, 1.54) is 11.1 Å². The maximum atomic E-state index is 11.3. The summed E-state index contributed by atoms with van der Waals surface area (Å²) in [5, 5.41) is 0.945. The van der Waals surface area contributed by atoms with Gasteiger partial charge in [-0.3, -0.25) is 9.78 Å². The minimum atomic E-state index is -0.0509. The second kappa shape index (κ2) is 4.20. The fourth-order valence-corrected chi connectivity index (χ4v) is 1.99. The van der Waals surface area contributed by atoms with Gasteiger partial charge in [-0.15, -0.1) is 0 Å². The standard InChI is InChI=1S/C16H19NO/c1-10-6-13-12(9-18)8-15(16(3,4)5)17-14(13)7-11(10)2/h6-9H,1-5H3. The van der Waals surface area contributed by atoms with E-state index in [4.69, 9.17) is 4.98 Å². The van der Waals surface area contributed by atoms with E-state index in [1.807, 2.05) is 12.1 Å². The van der Waals surface area contributed by atoms with Crippen LogP contribution in [0.2, 0.25) is 0 Å². The quantitative estimate of drug-likeness (QED) is 0.707. The molecular formula is C16H19NO. The maximum Gasteiger partial charge on any atom is 0.150 e. The van der Waals surface area contributed by atoms with Crippen LogP contribution in [0.3, 0.4) is 0 Å². The minimum Gasteiger partial charge on any atom is -0.298 e. The molecule has 1 heterocycles. The van der Waals surface area contributed by atoms with Crippen LogP contribution in [0.15, 0.2) is 18.2 Å². The molecular weight excluding hydrogens is 222 g/mol. The van der Waals surface area contributed by atoms with Gasteiger partial charge in [-0.1, -0.05) is 20.8 Å². The van der Waals surface area contributed by atoms with Crippen molar-refractivity contribution in [1.29, 1.82) is 0 Å². The van der Waals surface area contributed by atoms with Crippen molar-refractivity contribution in [3.63, 3.8) is 0 Å². The summed E-state index contributed by atoms with van der Waals surface area (Å²) in [5.74, 6) is 0. The summed E-state index contributed by atoms with van der Waals surface area (Å²) < 4.78 is 0. The number of carbonyl (C=O) groups is 1. The van der Waals surface area contributed by atoms with Crippen molar-refractivity contribution in [2.75, 3.05) is 0 Å². The highest BCUT2D eigenvalue weighted by molar-refractivity contribution is 5.97. The van der Waals surface area contributed by atoms with Gasteiger partial charge in [0, 0.05) is 22.1 Å². The molecule has 0 aliphatic heterocycles. The molecule has 0 bridgehead atoms. The molecule has 0 aliphatic carbocycles. The van der Waals surface area contributed by atoms with E-state index in [1.54, 1.807) is 0 Å². The van der Waals surface area contributed by atoms with Crippen LogP contribution < -0.4 is 0 Å². The van der Waals surface area contributed by atoms with Crippen LogP contribution in [-0.4, -0.2) is 11.3 Å². The highest BCUT2D eigenvalue weighted by Gasteiger charge is 2.18. The summed E-state index contributed by atoms with van der Waals surface area (Å²) in [4.78, 5) is 16.0. The third-order valence-electron chi connectivity index (χ3n) is 3.35. The number of fused-ring (bicyclic) bond motifs is 1. The molecule has 0 unspecified atom stereocenters. The summed E-state index contributed by atoms with van der Waals surface area (Å²) in [5.41, 5.74) is 4.94. The average Bonchev–Trinajstić information content (AvgIpc) is 2.28. The average molecular weight is 241 g/mol. The summed E-state index contributed by atoms with van der Waals surface area (Å²) in [6.07, 6.45) is 0.925. The highest BCUT2D eigenvalue weighted by Crippen LogP contribution is 2.27. The lowest BCUT2D eigenvalue weighted by Crippen LogP contribution is -2.14. The first kappa shape index (κ1) is 12.7. The number of aldehydes is 1. The second-order valence-electron chi connectivity index (χ2n) is 5.92. The molecule has 2 heteroatoms. The molecule has 0 spiro atoms. The number of aryl methyl sites for hydroxylation is 2. The van der Waals surface area contributed by atoms with Gasteiger partial charge in [0.25, 0.3) is 0 Å². The van der Waals surface area contributed by atoms with Crippen LogP contribution in [0.25, 0.3) is 10.9 Å². The molecule has 0 amide bonds. The van der Waals surface area contributed by atoms with Gasteiger partial charge in [-0.2, -0.15) is 0 Å². The van der Waals surface area contributed by atoms with Gasteiger partial charge in [0.05, 0.1) is 5.52 Å². The Morgan fingerprint density at radius 2 is 1.67 bits per heavy atom. The lowest BCUT2D eigenvalue weighted by molar-refractivity contribution is 0.112. The lowest BCUT2D eigenvalue weighted by atomic mass is 9.89. The molecule has 1 aromatic carbocycles. The van der Waals surface area contributed by atoms with Crippen molar-refractivity contribution in [3.05, 3.63) is 40.6 Å². The van der Waals surface area contributed by atoms with Gasteiger partial charge < -0.3 is 0 Å². The molecule has 0 atom stereocenters. The first-order chi connectivity index (χ1) is 8.32. The van der Waals surface area contributed by atoms with E-state index in [2.05, 4.69) is 40.7 Å². The molecule has 2 aromatic rings. The molecule has 0 saturated carbocycles. The molecule has 2 nitrogen and oxygen atoms in total. The van der Waals surface area contributed by atoms with E-state index < -0.39 is 0 Å². The van der Waals surface area contributed by atoms with E-state index in [0.717, 1.165) is 28.4 Å². The predicted octanol–water partition coefficient (Wildman–Crippen LogP) is 3.96. The monoisotopic (exact) mass is 241 g/mol. The Labute approximate surface area is 108 Å². The summed E-state index contributed by atoms with van der Waals surface area (Å²) in [6.45, 7) is 10.5. The van der Waals surface area contributed by atoms with Crippen LogP contribution in [0, 0.1) is 13.8 Å². The van der Waals surface area contributed by atoms with E-state index in [-0.39, 0.29) is 5.41 Å². The predicted molar refractivity (Wildman–Crippen MR) is 75.3 cm³/mol. The first-order valence-electron chi connectivity index (χ1n) is 6.20. The topological polar surface area (TPSA) is 30.0 Å². The number of carbonyl (C=O) groups excluding carboxylic acids is 1. The summed E-state index contributed by atoms with van der Waals surface area (Å²) in [7, 11) is 0. The Bertz CT molecular complexity index is 621. The first-order valence-corrected chi connectivity index (χ1v) is 6.20. The van der Waals surface area contributed by atoms with Crippen molar-refractivity contribution < 1.29 is 4.79 Å². The SMILES string of the molecule is Cc1cc2nc(C(C)(C)C)cc(C=O)c2cc1C. The molecule has 0 N–H and O–H groups in total. The Morgan fingerprint density at radius 1 is 1.06 bits per heavy atom. The van der Waals surface area contributed by atoms with Crippen molar-refractivity contribution >= 4 is 17.2 Å². The van der Waals surface area contributed by atoms with E-state index in [0.29, 0.717) is 0 Å². The Balaban J connectivity index is 2.84. The number of pyridine rings is 1. The van der Waals surface area contributed by atoms with E-state index >= 15 is 0 Å². The second-order valence-corrected chi connectivity index (χ2v) is 5.92. The number of hydrogen-bond donors (Lipinski definition) is 0.